The minimum atomic E-state index is -1.07. The highest BCUT2D eigenvalue weighted by molar-refractivity contribution is 8.03. The first-order chi connectivity index (χ1) is 23.5. The number of thioether (sulfide) groups is 1. The van der Waals surface area contributed by atoms with Gasteiger partial charge in [0, 0.05) is 5.57 Å². The molecule has 9 nitrogen and oxygen atoms in total. The van der Waals surface area contributed by atoms with E-state index < -0.39 is 29.5 Å². The lowest BCUT2D eigenvalue weighted by atomic mass is 9.97. The van der Waals surface area contributed by atoms with Crippen LogP contribution in [0, 0.1) is 11.3 Å². The quantitative estimate of drug-likeness (QED) is 0.147. The zero-order valence-electron chi connectivity index (χ0n) is 25.4. The molecule has 3 atom stereocenters. The molecule has 5 aromatic rings. The Morgan fingerprint density at radius 2 is 1.60 bits per heavy atom. The molecule has 0 radical (unpaired) electrons. The largest absolute Gasteiger partial charge is 0.489 e. The summed E-state index contributed by atoms with van der Waals surface area (Å²) in [5, 5.41) is 13.8. The number of ether oxygens (including phenoxy) is 2. The minimum Gasteiger partial charge on any atom is -0.489 e. The lowest BCUT2D eigenvalue weighted by Gasteiger charge is -2.51. The van der Waals surface area contributed by atoms with Gasteiger partial charge in [-0.3, -0.25) is 9.59 Å². The fourth-order valence-electron chi connectivity index (χ4n) is 5.80. The van der Waals surface area contributed by atoms with Gasteiger partial charge in [0.1, 0.15) is 29.8 Å². The zero-order valence-corrected chi connectivity index (χ0v) is 27.0. The summed E-state index contributed by atoms with van der Waals surface area (Å²) in [4.78, 5) is 46.6. The van der Waals surface area contributed by atoms with Crippen molar-refractivity contribution in [2.45, 2.75) is 30.0 Å². The van der Waals surface area contributed by atoms with Crippen molar-refractivity contribution in [1.82, 2.24) is 15.2 Å². The van der Waals surface area contributed by atoms with E-state index >= 15 is 0 Å². The van der Waals surface area contributed by atoms with Gasteiger partial charge in [-0.1, -0.05) is 91.0 Å². The highest BCUT2D eigenvalue weighted by atomic mass is 32.2. The van der Waals surface area contributed by atoms with Crippen LogP contribution in [0.1, 0.15) is 27.8 Å². The van der Waals surface area contributed by atoms with Crippen molar-refractivity contribution in [2.75, 3.05) is 6.61 Å². The molecule has 2 aliphatic rings. The molecule has 0 aliphatic carbocycles. The molecule has 2 aliphatic heterocycles. The van der Waals surface area contributed by atoms with Crippen molar-refractivity contribution >= 4 is 51.1 Å². The number of carbonyl (C=O) groups excluding carboxylic acids is 3. The lowest BCUT2D eigenvalue weighted by Crippen LogP contribution is -2.74. The Morgan fingerprint density at radius 1 is 0.938 bits per heavy atom. The number of fused-ring (bicyclic) bond motifs is 2. The lowest BCUT2D eigenvalue weighted by molar-refractivity contribution is -0.165. The molecule has 1 aromatic heterocycles. The van der Waals surface area contributed by atoms with Crippen LogP contribution in [0.25, 0.3) is 10.2 Å². The minimum absolute atomic E-state index is 0.00502. The molecule has 48 heavy (non-hydrogen) atoms. The Bertz CT molecular complexity index is 2010. The van der Waals surface area contributed by atoms with Gasteiger partial charge < -0.3 is 19.7 Å². The number of thiazole rings is 1. The Balaban J connectivity index is 1.15. The number of benzene rings is 4. The number of hydrogen-bond acceptors (Lipinski definition) is 9. The standard InChI is InChI=1S/C37H28N4O5S2/c38-20-31-39-28-17-16-27(19-29(28)48-31)45-21-26-22-47-36-32(40-30(42)18-23-10-4-1-5-11-23)35(43)41(36)33(26)37(44)46-34(24-12-6-2-7-13-24)25-14-8-3-9-15-25/h1-17,19,22,32-34,36H,18,21H2,(H,40,42)/t32-,33+,36-/m1/s1. The summed E-state index contributed by atoms with van der Waals surface area (Å²) in [6.45, 7) is 0.00502. The van der Waals surface area contributed by atoms with Crippen molar-refractivity contribution in [2.24, 2.45) is 0 Å². The van der Waals surface area contributed by atoms with Crippen molar-refractivity contribution in [3.63, 3.8) is 0 Å². The van der Waals surface area contributed by atoms with E-state index in [9.17, 15) is 19.6 Å². The summed E-state index contributed by atoms with van der Waals surface area (Å²) in [7, 11) is 0. The molecule has 0 saturated carbocycles. The zero-order chi connectivity index (χ0) is 33.0. The summed E-state index contributed by atoms with van der Waals surface area (Å²) in [5.41, 5.74) is 3.65. The van der Waals surface area contributed by atoms with Gasteiger partial charge in [0.05, 0.1) is 16.6 Å². The number of rotatable bonds is 10. The smallest absolute Gasteiger partial charge is 0.334 e. The molecule has 1 N–H and O–H groups in total. The summed E-state index contributed by atoms with van der Waals surface area (Å²) in [6, 6.07) is 33.7. The van der Waals surface area contributed by atoms with Crippen LogP contribution in [0.4, 0.5) is 0 Å². The molecule has 238 valence electrons. The van der Waals surface area contributed by atoms with Gasteiger partial charge in [-0.05, 0) is 40.3 Å². The fourth-order valence-corrected chi connectivity index (χ4v) is 7.80. The van der Waals surface area contributed by atoms with Crippen LogP contribution >= 0.6 is 23.1 Å². The van der Waals surface area contributed by atoms with Gasteiger partial charge in [-0.2, -0.15) is 5.26 Å². The second-order valence-electron chi connectivity index (χ2n) is 11.3. The van der Waals surface area contributed by atoms with E-state index in [-0.39, 0.29) is 24.8 Å². The van der Waals surface area contributed by atoms with E-state index in [1.807, 2.05) is 96.4 Å². The maximum Gasteiger partial charge on any atom is 0.334 e. The van der Waals surface area contributed by atoms with Crippen LogP contribution < -0.4 is 10.1 Å². The average molecular weight is 673 g/mol. The fraction of sp³-hybridized carbons (Fsp3) is 0.162. The maximum absolute atomic E-state index is 14.2. The predicted molar refractivity (Wildman–Crippen MR) is 183 cm³/mol. The first kappa shape index (κ1) is 31.2. The van der Waals surface area contributed by atoms with E-state index in [0.29, 0.717) is 21.8 Å². The monoisotopic (exact) mass is 672 g/mol. The molecular formula is C37H28N4O5S2. The predicted octanol–water partition coefficient (Wildman–Crippen LogP) is 5.77. The second-order valence-corrected chi connectivity index (χ2v) is 13.3. The van der Waals surface area contributed by atoms with Crippen molar-refractivity contribution in [3.05, 3.63) is 142 Å². The Kier molecular flexibility index (Phi) is 8.92. The number of nitrogens with one attached hydrogen (secondary N) is 1. The summed E-state index contributed by atoms with van der Waals surface area (Å²) in [5.74, 6) is -0.717. The number of aromatic nitrogens is 1. The molecule has 7 rings (SSSR count). The number of β-lactam (4-membered cyclic amide) rings is 1. The molecule has 1 saturated heterocycles. The van der Waals surface area contributed by atoms with E-state index in [1.165, 1.54) is 28.0 Å². The molecule has 11 heteroatoms. The van der Waals surface area contributed by atoms with Crippen molar-refractivity contribution in [3.8, 4) is 11.8 Å². The number of carbonyl (C=O) groups is 3. The third-order valence-corrected chi connectivity index (χ3v) is 10.3. The molecule has 0 spiro atoms. The highest BCUT2D eigenvalue weighted by Gasteiger charge is 2.56. The number of nitriles is 1. The van der Waals surface area contributed by atoms with E-state index in [0.717, 1.165) is 21.4 Å². The molecule has 0 bridgehead atoms. The van der Waals surface area contributed by atoms with Crippen LogP contribution in [0.2, 0.25) is 0 Å². The molecule has 0 unspecified atom stereocenters. The topological polar surface area (TPSA) is 122 Å². The number of amides is 2. The average Bonchev–Trinajstić information content (AvgIpc) is 3.55. The van der Waals surface area contributed by atoms with E-state index in [2.05, 4.69) is 16.4 Å². The molecule has 1 fully saturated rings. The van der Waals surface area contributed by atoms with Crippen LogP contribution in [-0.4, -0.2) is 51.7 Å². The van der Waals surface area contributed by atoms with E-state index in [4.69, 9.17) is 9.47 Å². The second kappa shape index (κ2) is 13.7. The van der Waals surface area contributed by atoms with Crippen molar-refractivity contribution < 1.29 is 23.9 Å². The van der Waals surface area contributed by atoms with Gasteiger partial charge in [-0.25, -0.2) is 9.78 Å². The van der Waals surface area contributed by atoms with Crippen LogP contribution in [0.15, 0.2) is 120 Å². The Hall–Kier alpha value is -5.44. The van der Waals surface area contributed by atoms with Gasteiger partial charge in [0.15, 0.2) is 17.2 Å². The Labute approximate surface area is 284 Å². The first-order valence-electron chi connectivity index (χ1n) is 15.2. The number of nitrogens with zero attached hydrogens (tertiary/aromatic N) is 3. The number of esters is 1. The normalized spacial score (nSPS) is 18.3. The third-order valence-electron chi connectivity index (χ3n) is 8.12. The van der Waals surface area contributed by atoms with Crippen LogP contribution in [-0.2, 0) is 25.5 Å². The first-order valence-corrected chi connectivity index (χ1v) is 17.0. The maximum atomic E-state index is 14.2. The molecular weight excluding hydrogens is 645 g/mol. The molecule has 4 aromatic carbocycles. The van der Waals surface area contributed by atoms with Gasteiger partial charge >= 0.3 is 5.97 Å². The van der Waals surface area contributed by atoms with Gasteiger partial charge in [0.25, 0.3) is 0 Å². The summed E-state index contributed by atoms with van der Waals surface area (Å²) in [6.07, 6.45) is -0.575. The van der Waals surface area contributed by atoms with E-state index in [1.54, 1.807) is 18.2 Å². The Morgan fingerprint density at radius 3 is 2.27 bits per heavy atom. The van der Waals surface area contributed by atoms with Gasteiger partial charge in [0.2, 0.25) is 11.8 Å². The van der Waals surface area contributed by atoms with Crippen molar-refractivity contribution in [1.29, 1.82) is 5.26 Å². The SMILES string of the molecule is N#Cc1nc2ccc(OCC3=CS[C@@H]4[C@H](NC(=O)Cc5ccccc5)C(=O)N4[C@@H]3C(=O)OC(c3ccccc3)c3ccccc3)cc2s1. The highest BCUT2D eigenvalue weighted by Crippen LogP contribution is 2.41. The third kappa shape index (κ3) is 6.40. The summed E-state index contributed by atoms with van der Waals surface area (Å²) >= 11 is 2.62. The van der Waals surface area contributed by atoms with Crippen LogP contribution in [0.3, 0.4) is 0 Å². The van der Waals surface area contributed by atoms with Crippen LogP contribution in [0.5, 0.6) is 5.75 Å². The number of hydrogen-bond donors (Lipinski definition) is 1. The van der Waals surface area contributed by atoms with Gasteiger partial charge in [-0.15, -0.1) is 23.1 Å². The molecule has 3 heterocycles. The molecule has 2 amide bonds. The summed E-state index contributed by atoms with van der Waals surface area (Å²) < 4.78 is 13.2.